The molecule has 1 aromatic rings. The van der Waals surface area contributed by atoms with Crippen LogP contribution in [0.15, 0.2) is 18.2 Å². The topological polar surface area (TPSA) is 67.4 Å². The lowest BCUT2D eigenvalue weighted by Crippen LogP contribution is -2.36. The standard InChI is InChI=1S/C13H20N2O3S/c1-10-3-4-13-11(7-10)8-12(18-13)9-14-5-6-15-19(2,16)17/h3-4,7,12,14-15H,5-6,8-9H2,1-2H3. The number of hydrogen-bond acceptors (Lipinski definition) is 4. The summed E-state index contributed by atoms with van der Waals surface area (Å²) in [4.78, 5) is 0. The third-order valence-electron chi connectivity index (χ3n) is 3.00. The number of nitrogens with one attached hydrogen (secondary N) is 2. The minimum atomic E-state index is -3.09. The summed E-state index contributed by atoms with van der Waals surface area (Å²) in [6.07, 6.45) is 2.20. The molecule has 2 N–H and O–H groups in total. The zero-order valence-electron chi connectivity index (χ0n) is 11.3. The summed E-state index contributed by atoms with van der Waals surface area (Å²) in [6, 6.07) is 6.21. The predicted molar refractivity (Wildman–Crippen MR) is 75.0 cm³/mol. The van der Waals surface area contributed by atoms with Gasteiger partial charge in [-0.25, -0.2) is 13.1 Å². The normalized spacial score (nSPS) is 18.1. The summed E-state index contributed by atoms with van der Waals surface area (Å²) in [7, 11) is -3.09. The van der Waals surface area contributed by atoms with Gasteiger partial charge in [-0.15, -0.1) is 0 Å². The van der Waals surface area contributed by atoms with E-state index in [4.69, 9.17) is 4.74 Å². The van der Waals surface area contributed by atoms with Gasteiger partial charge in [-0.05, 0) is 18.6 Å². The van der Waals surface area contributed by atoms with Gasteiger partial charge in [-0.3, -0.25) is 0 Å². The summed E-state index contributed by atoms with van der Waals surface area (Å²) in [5.41, 5.74) is 2.49. The van der Waals surface area contributed by atoms with Crippen molar-refractivity contribution in [1.29, 1.82) is 0 Å². The van der Waals surface area contributed by atoms with E-state index in [1.54, 1.807) is 0 Å². The number of hydrogen-bond donors (Lipinski definition) is 2. The maximum absolute atomic E-state index is 10.9. The van der Waals surface area contributed by atoms with E-state index in [1.165, 1.54) is 11.1 Å². The van der Waals surface area contributed by atoms with E-state index in [1.807, 2.05) is 12.1 Å². The fourth-order valence-electron chi connectivity index (χ4n) is 2.15. The lowest BCUT2D eigenvalue weighted by atomic mass is 10.1. The highest BCUT2D eigenvalue weighted by Crippen LogP contribution is 2.29. The smallest absolute Gasteiger partial charge is 0.208 e. The summed E-state index contributed by atoms with van der Waals surface area (Å²) >= 11 is 0. The third kappa shape index (κ3) is 4.49. The van der Waals surface area contributed by atoms with Crippen LogP contribution in [0.5, 0.6) is 5.75 Å². The average Bonchev–Trinajstić information content (AvgIpc) is 2.68. The van der Waals surface area contributed by atoms with Crippen LogP contribution in [0.4, 0.5) is 0 Å². The van der Waals surface area contributed by atoms with Crippen molar-refractivity contribution < 1.29 is 13.2 Å². The SMILES string of the molecule is Cc1ccc2c(c1)CC(CNCCNS(C)(=O)=O)O2. The van der Waals surface area contributed by atoms with Gasteiger partial charge in [0, 0.05) is 26.1 Å². The van der Waals surface area contributed by atoms with Crippen molar-refractivity contribution >= 4 is 10.0 Å². The van der Waals surface area contributed by atoms with E-state index >= 15 is 0 Å². The molecule has 0 saturated carbocycles. The van der Waals surface area contributed by atoms with Crippen molar-refractivity contribution in [3.05, 3.63) is 29.3 Å². The van der Waals surface area contributed by atoms with Crippen molar-refractivity contribution in [2.75, 3.05) is 25.9 Å². The number of fused-ring (bicyclic) bond motifs is 1. The lowest BCUT2D eigenvalue weighted by molar-refractivity contribution is 0.228. The van der Waals surface area contributed by atoms with E-state index in [2.05, 4.69) is 23.0 Å². The summed E-state index contributed by atoms with van der Waals surface area (Å²) in [6.45, 7) is 3.79. The van der Waals surface area contributed by atoms with Gasteiger partial charge in [-0.1, -0.05) is 17.7 Å². The summed E-state index contributed by atoms with van der Waals surface area (Å²) < 4.78 is 30.0. The van der Waals surface area contributed by atoms with Crippen molar-refractivity contribution in [2.24, 2.45) is 0 Å². The zero-order chi connectivity index (χ0) is 13.9. The van der Waals surface area contributed by atoms with E-state index in [0.29, 0.717) is 13.1 Å². The molecule has 1 aliphatic rings. The molecule has 1 unspecified atom stereocenters. The lowest BCUT2D eigenvalue weighted by Gasteiger charge is -2.11. The molecule has 2 rings (SSSR count). The molecule has 19 heavy (non-hydrogen) atoms. The average molecular weight is 284 g/mol. The van der Waals surface area contributed by atoms with Gasteiger partial charge in [0.1, 0.15) is 11.9 Å². The van der Waals surface area contributed by atoms with Gasteiger partial charge in [-0.2, -0.15) is 0 Å². The first kappa shape index (κ1) is 14.3. The molecular weight excluding hydrogens is 264 g/mol. The third-order valence-corrected chi connectivity index (χ3v) is 3.72. The Hall–Kier alpha value is -1.11. The quantitative estimate of drug-likeness (QED) is 0.744. The van der Waals surface area contributed by atoms with E-state index in [0.717, 1.165) is 25.0 Å². The Kier molecular flexibility index (Phi) is 4.44. The monoisotopic (exact) mass is 284 g/mol. The molecule has 1 aromatic carbocycles. The highest BCUT2D eigenvalue weighted by atomic mass is 32.2. The van der Waals surface area contributed by atoms with Crippen LogP contribution >= 0.6 is 0 Å². The largest absolute Gasteiger partial charge is 0.488 e. The minimum absolute atomic E-state index is 0.134. The van der Waals surface area contributed by atoms with Crippen LogP contribution in [-0.4, -0.2) is 40.4 Å². The molecule has 106 valence electrons. The van der Waals surface area contributed by atoms with Crippen LogP contribution in [0.1, 0.15) is 11.1 Å². The fraction of sp³-hybridized carbons (Fsp3) is 0.538. The first-order valence-electron chi connectivity index (χ1n) is 6.35. The van der Waals surface area contributed by atoms with Gasteiger partial charge in [0.15, 0.2) is 0 Å². The van der Waals surface area contributed by atoms with Crippen molar-refractivity contribution in [3.63, 3.8) is 0 Å². The highest BCUT2D eigenvalue weighted by Gasteiger charge is 2.22. The first-order valence-corrected chi connectivity index (χ1v) is 8.25. The summed E-state index contributed by atoms with van der Waals surface area (Å²) in [5, 5.41) is 3.20. The maximum Gasteiger partial charge on any atom is 0.208 e. The maximum atomic E-state index is 10.9. The van der Waals surface area contributed by atoms with Gasteiger partial charge < -0.3 is 10.1 Å². The molecular formula is C13H20N2O3S. The number of benzene rings is 1. The Labute approximate surface area is 114 Å². The van der Waals surface area contributed by atoms with Gasteiger partial charge >= 0.3 is 0 Å². The van der Waals surface area contributed by atoms with Crippen LogP contribution < -0.4 is 14.8 Å². The van der Waals surface area contributed by atoms with Crippen LogP contribution in [0.25, 0.3) is 0 Å². The van der Waals surface area contributed by atoms with E-state index in [9.17, 15) is 8.42 Å². The Morgan fingerprint density at radius 1 is 1.37 bits per heavy atom. The second-order valence-corrected chi connectivity index (χ2v) is 6.76. The molecule has 0 spiro atoms. The van der Waals surface area contributed by atoms with Crippen molar-refractivity contribution in [1.82, 2.24) is 10.0 Å². The van der Waals surface area contributed by atoms with Gasteiger partial charge in [0.05, 0.1) is 6.26 Å². The number of rotatable bonds is 6. The highest BCUT2D eigenvalue weighted by molar-refractivity contribution is 7.88. The van der Waals surface area contributed by atoms with Crippen LogP contribution in [-0.2, 0) is 16.4 Å². The Morgan fingerprint density at radius 3 is 2.89 bits per heavy atom. The van der Waals surface area contributed by atoms with Gasteiger partial charge in [0.2, 0.25) is 10.0 Å². The molecule has 0 radical (unpaired) electrons. The second-order valence-electron chi connectivity index (χ2n) is 4.93. The van der Waals surface area contributed by atoms with Crippen molar-refractivity contribution in [2.45, 2.75) is 19.4 Å². The van der Waals surface area contributed by atoms with E-state index in [-0.39, 0.29) is 6.10 Å². The number of ether oxygens (including phenoxy) is 1. The van der Waals surface area contributed by atoms with Crippen LogP contribution in [0, 0.1) is 6.92 Å². The number of sulfonamides is 1. The summed E-state index contributed by atoms with van der Waals surface area (Å²) in [5.74, 6) is 0.965. The van der Waals surface area contributed by atoms with E-state index < -0.39 is 10.0 Å². The minimum Gasteiger partial charge on any atom is -0.488 e. The molecule has 0 bridgehead atoms. The molecule has 0 fully saturated rings. The van der Waals surface area contributed by atoms with Crippen LogP contribution in [0.2, 0.25) is 0 Å². The molecule has 5 nitrogen and oxygen atoms in total. The van der Waals surface area contributed by atoms with Crippen LogP contribution in [0.3, 0.4) is 0 Å². The molecule has 1 atom stereocenters. The molecule has 0 aliphatic carbocycles. The molecule has 0 saturated heterocycles. The molecule has 6 heteroatoms. The molecule has 0 amide bonds. The second kappa shape index (κ2) is 5.90. The zero-order valence-corrected chi connectivity index (χ0v) is 12.1. The van der Waals surface area contributed by atoms with Crippen molar-refractivity contribution in [3.8, 4) is 5.75 Å². The first-order chi connectivity index (χ1) is 8.94. The Bertz CT molecular complexity index is 543. The molecule has 0 aromatic heterocycles. The fourth-order valence-corrected chi connectivity index (χ4v) is 2.62. The Morgan fingerprint density at radius 2 is 2.16 bits per heavy atom. The number of aryl methyl sites for hydroxylation is 1. The molecule has 1 aliphatic heterocycles. The predicted octanol–water partition coefficient (Wildman–Crippen LogP) is 0.437. The Balaban J connectivity index is 1.70. The van der Waals surface area contributed by atoms with Gasteiger partial charge in [0.25, 0.3) is 0 Å². The molecule has 1 heterocycles.